The van der Waals surface area contributed by atoms with E-state index in [9.17, 15) is 35.9 Å². The second-order valence-corrected chi connectivity index (χ2v) is 6.49. The Kier molecular flexibility index (Phi) is 6.37. The van der Waals surface area contributed by atoms with E-state index in [1.54, 1.807) is 11.5 Å². The molecule has 0 unspecified atom stereocenters. The normalized spacial score (nSPS) is 11.8. The first-order valence-corrected chi connectivity index (χ1v) is 8.29. The fourth-order valence-electron chi connectivity index (χ4n) is 2.20. The molecule has 2 rings (SSSR count). The van der Waals surface area contributed by atoms with Crippen molar-refractivity contribution < 1.29 is 35.9 Å². The summed E-state index contributed by atoms with van der Waals surface area (Å²) in [5, 5.41) is 0. The van der Waals surface area contributed by atoms with Gasteiger partial charge in [-0.25, -0.2) is 0 Å². The lowest BCUT2D eigenvalue weighted by Crippen LogP contribution is -2.47. The quantitative estimate of drug-likeness (QED) is 0.518. The summed E-state index contributed by atoms with van der Waals surface area (Å²) in [5.74, 6) is -3.36. The molecule has 150 valence electrons. The van der Waals surface area contributed by atoms with Gasteiger partial charge in [-0.15, -0.1) is 0 Å². The van der Waals surface area contributed by atoms with Crippen molar-refractivity contribution in [1.29, 1.82) is 0 Å². The summed E-state index contributed by atoms with van der Waals surface area (Å²) in [5.41, 5.74) is 2.80. The molecule has 28 heavy (non-hydrogen) atoms. The van der Waals surface area contributed by atoms with E-state index < -0.39 is 29.7 Å². The Bertz CT molecular complexity index is 879. The maximum Gasteiger partial charge on any atom is 0.472 e. The molecule has 4 nitrogen and oxygen atoms in total. The molecular formula is C17H11BrF6N2O2. The standard InChI is InChI=1S/C17H11BrF6N2O2/c18-12-6-3-10(7-9-1-4-11(5-2-9)16(19,20)21)13(8-12)14(27)25-26-15(28)17(22,23)24/h1-6,8H,7H2,(H,25,27)(H,26,28). The number of halogens is 7. The Hall–Kier alpha value is -2.56. The maximum absolute atomic E-state index is 12.6. The van der Waals surface area contributed by atoms with Crippen molar-refractivity contribution in [3.05, 3.63) is 69.2 Å². The Labute approximate surface area is 163 Å². The zero-order valence-corrected chi connectivity index (χ0v) is 15.3. The van der Waals surface area contributed by atoms with Crippen molar-refractivity contribution in [1.82, 2.24) is 10.9 Å². The molecule has 0 aromatic heterocycles. The zero-order valence-electron chi connectivity index (χ0n) is 13.7. The Morgan fingerprint density at radius 1 is 0.893 bits per heavy atom. The van der Waals surface area contributed by atoms with E-state index >= 15 is 0 Å². The molecule has 0 radical (unpaired) electrons. The summed E-state index contributed by atoms with van der Waals surface area (Å²) in [4.78, 5) is 23.0. The maximum atomic E-state index is 12.6. The highest BCUT2D eigenvalue weighted by Crippen LogP contribution is 2.29. The molecule has 2 N–H and O–H groups in total. The van der Waals surface area contributed by atoms with Gasteiger partial charge in [0.2, 0.25) is 0 Å². The summed E-state index contributed by atoms with van der Waals surface area (Å²) in [6.45, 7) is 0. The van der Waals surface area contributed by atoms with Gasteiger partial charge in [0.05, 0.1) is 5.56 Å². The highest BCUT2D eigenvalue weighted by atomic mass is 79.9. The summed E-state index contributed by atoms with van der Waals surface area (Å²) >= 11 is 3.12. The lowest BCUT2D eigenvalue weighted by Gasteiger charge is -2.13. The molecule has 0 atom stereocenters. The molecule has 0 saturated carbocycles. The second kappa shape index (κ2) is 8.21. The van der Waals surface area contributed by atoms with E-state index in [4.69, 9.17) is 0 Å². The molecule has 0 aliphatic heterocycles. The predicted octanol–water partition coefficient (Wildman–Crippen LogP) is 4.38. The molecule has 0 fully saturated rings. The molecular weight excluding hydrogens is 458 g/mol. The predicted molar refractivity (Wildman–Crippen MR) is 90.1 cm³/mol. The number of carbonyl (C=O) groups excluding carboxylic acids is 2. The number of amides is 2. The number of carbonyl (C=O) groups is 2. The average molecular weight is 469 g/mol. The molecule has 11 heteroatoms. The average Bonchev–Trinajstić information content (AvgIpc) is 2.59. The fraction of sp³-hybridized carbons (Fsp3) is 0.176. The van der Waals surface area contributed by atoms with E-state index in [-0.39, 0.29) is 12.0 Å². The molecule has 0 aliphatic carbocycles. The van der Waals surface area contributed by atoms with Crippen LogP contribution in [-0.4, -0.2) is 18.0 Å². The minimum atomic E-state index is -5.17. The SMILES string of the molecule is O=C(NNC(=O)C(F)(F)F)c1cc(Br)ccc1Cc1ccc(C(F)(F)F)cc1. The monoisotopic (exact) mass is 468 g/mol. The first kappa shape index (κ1) is 21.7. The molecule has 2 aromatic carbocycles. The first-order valence-electron chi connectivity index (χ1n) is 7.50. The van der Waals surface area contributed by atoms with Crippen LogP contribution in [-0.2, 0) is 17.4 Å². The third kappa shape index (κ3) is 5.72. The minimum Gasteiger partial charge on any atom is -0.267 e. The van der Waals surface area contributed by atoms with E-state index in [0.717, 1.165) is 12.1 Å². The number of rotatable bonds is 3. The van der Waals surface area contributed by atoms with E-state index in [0.29, 0.717) is 15.6 Å². The summed E-state index contributed by atoms with van der Waals surface area (Å²) < 4.78 is 74.9. The van der Waals surface area contributed by atoms with Crippen molar-refractivity contribution in [2.24, 2.45) is 0 Å². The van der Waals surface area contributed by atoms with Crippen LogP contribution in [0.2, 0.25) is 0 Å². The van der Waals surface area contributed by atoms with Gasteiger partial charge in [-0.2, -0.15) is 26.3 Å². The van der Waals surface area contributed by atoms with Gasteiger partial charge < -0.3 is 0 Å². The van der Waals surface area contributed by atoms with Crippen LogP contribution >= 0.6 is 15.9 Å². The van der Waals surface area contributed by atoms with Crippen LogP contribution in [0.25, 0.3) is 0 Å². The van der Waals surface area contributed by atoms with E-state index in [1.165, 1.54) is 29.7 Å². The van der Waals surface area contributed by atoms with Gasteiger partial charge in [0.25, 0.3) is 5.91 Å². The lowest BCUT2D eigenvalue weighted by atomic mass is 9.98. The highest BCUT2D eigenvalue weighted by Gasteiger charge is 2.39. The van der Waals surface area contributed by atoms with Gasteiger partial charge >= 0.3 is 18.3 Å². The smallest absolute Gasteiger partial charge is 0.267 e. The Balaban J connectivity index is 2.20. The topological polar surface area (TPSA) is 58.2 Å². The van der Waals surface area contributed by atoms with Gasteiger partial charge in [0, 0.05) is 10.0 Å². The van der Waals surface area contributed by atoms with Crippen molar-refractivity contribution in [3.8, 4) is 0 Å². The number of benzene rings is 2. The van der Waals surface area contributed by atoms with Gasteiger partial charge in [-0.1, -0.05) is 34.1 Å². The zero-order chi connectivity index (χ0) is 21.1. The third-order valence-electron chi connectivity index (χ3n) is 3.54. The second-order valence-electron chi connectivity index (χ2n) is 5.58. The van der Waals surface area contributed by atoms with Crippen LogP contribution in [0, 0.1) is 0 Å². The minimum absolute atomic E-state index is 0.0430. The molecule has 0 spiro atoms. The molecule has 0 heterocycles. The van der Waals surface area contributed by atoms with Crippen LogP contribution in [0.3, 0.4) is 0 Å². The number of alkyl halides is 6. The van der Waals surface area contributed by atoms with Crippen molar-refractivity contribution in [2.45, 2.75) is 18.8 Å². The van der Waals surface area contributed by atoms with Crippen LogP contribution in [0.4, 0.5) is 26.3 Å². The highest BCUT2D eigenvalue weighted by molar-refractivity contribution is 9.10. The number of hydrazine groups is 1. The summed E-state index contributed by atoms with van der Waals surface area (Å²) in [6.07, 6.45) is -9.62. The van der Waals surface area contributed by atoms with Gasteiger partial charge in [0.15, 0.2) is 0 Å². The number of nitrogens with one attached hydrogen (secondary N) is 2. The number of hydrogen-bond acceptors (Lipinski definition) is 2. The Morgan fingerprint density at radius 2 is 1.50 bits per heavy atom. The van der Waals surface area contributed by atoms with Crippen molar-refractivity contribution in [3.63, 3.8) is 0 Å². The number of hydrogen-bond donors (Lipinski definition) is 2. The largest absolute Gasteiger partial charge is 0.472 e. The van der Waals surface area contributed by atoms with Crippen LogP contribution in [0.5, 0.6) is 0 Å². The van der Waals surface area contributed by atoms with Crippen LogP contribution in [0.15, 0.2) is 46.9 Å². The lowest BCUT2D eigenvalue weighted by molar-refractivity contribution is -0.174. The van der Waals surface area contributed by atoms with E-state index in [1.807, 2.05) is 0 Å². The molecule has 0 bridgehead atoms. The molecule has 0 aliphatic rings. The van der Waals surface area contributed by atoms with Crippen LogP contribution < -0.4 is 10.9 Å². The molecule has 2 amide bonds. The van der Waals surface area contributed by atoms with Gasteiger partial charge in [-0.05, 0) is 41.8 Å². The summed E-state index contributed by atoms with van der Waals surface area (Å²) in [6, 6.07) is 8.60. The van der Waals surface area contributed by atoms with Crippen molar-refractivity contribution >= 4 is 27.7 Å². The summed E-state index contributed by atoms with van der Waals surface area (Å²) in [7, 11) is 0. The van der Waals surface area contributed by atoms with Gasteiger partial charge in [0.1, 0.15) is 0 Å². The van der Waals surface area contributed by atoms with E-state index in [2.05, 4.69) is 15.9 Å². The fourth-order valence-corrected chi connectivity index (χ4v) is 2.56. The van der Waals surface area contributed by atoms with Crippen molar-refractivity contribution in [2.75, 3.05) is 0 Å². The Morgan fingerprint density at radius 3 is 2.04 bits per heavy atom. The van der Waals surface area contributed by atoms with Gasteiger partial charge in [-0.3, -0.25) is 20.4 Å². The first-order chi connectivity index (χ1) is 12.9. The molecule has 0 saturated heterocycles. The van der Waals surface area contributed by atoms with Crippen LogP contribution in [0.1, 0.15) is 27.0 Å². The third-order valence-corrected chi connectivity index (χ3v) is 4.03. The molecule has 2 aromatic rings.